The molecule has 2 fully saturated rings. The maximum Gasteiger partial charge on any atom is 0.411 e. The molecule has 180 valence electrons. The second kappa shape index (κ2) is 8.13. The number of nitrogens with zero attached hydrogens (tertiary/aromatic N) is 4. The van der Waals surface area contributed by atoms with Gasteiger partial charge < -0.3 is 18.5 Å². The third-order valence-corrected chi connectivity index (χ3v) is 11.5. The van der Waals surface area contributed by atoms with Crippen molar-refractivity contribution in [3.8, 4) is 0 Å². The maximum atomic E-state index is 13.6. The first kappa shape index (κ1) is 24.7. The van der Waals surface area contributed by atoms with E-state index in [0.717, 1.165) is 6.42 Å². The van der Waals surface area contributed by atoms with E-state index in [1.165, 1.54) is 6.39 Å². The fourth-order valence-electron chi connectivity index (χ4n) is 4.12. The Morgan fingerprint density at radius 3 is 2.47 bits per heavy atom. The van der Waals surface area contributed by atoms with E-state index >= 15 is 0 Å². The summed E-state index contributed by atoms with van der Waals surface area (Å²) in [6, 6.07) is -0.553. The molecule has 1 spiro atoms. The quantitative estimate of drug-likeness (QED) is 0.475. The largest absolute Gasteiger partial charge is 0.444 e. The van der Waals surface area contributed by atoms with Crippen LogP contribution in [0.4, 0.5) is 4.79 Å². The summed E-state index contributed by atoms with van der Waals surface area (Å²) in [7, 11) is -2.06. The van der Waals surface area contributed by atoms with Gasteiger partial charge >= 0.3 is 6.09 Å². The lowest BCUT2D eigenvalue weighted by Crippen LogP contribution is -2.74. The highest BCUT2D eigenvalue weighted by atomic mass is 28.4. The minimum atomic E-state index is -2.06. The normalized spacial score (nSPS) is 25.3. The number of hydrogen-bond donors (Lipinski definition) is 0. The monoisotopic (exact) mass is 466 g/mol. The van der Waals surface area contributed by atoms with Crippen LogP contribution in [0.15, 0.2) is 10.8 Å². The molecule has 2 aliphatic rings. The Hall–Kier alpha value is -1.94. The number of β-lactam (4-membered cyclic amide) rings is 1. The number of ether oxygens (including phenoxy) is 1. The third kappa shape index (κ3) is 4.43. The van der Waals surface area contributed by atoms with Crippen LogP contribution in [0.1, 0.15) is 73.2 Å². The second-order valence-electron chi connectivity index (χ2n) is 11.6. The van der Waals surface area contributed by atoms with Crippen molar-refractivity contribution in [2.45, 2.75) is 103 Å². The van der Waals surface area contributed by atoms with Crippen LogP contribution in [0.25, 0.3) is 0 Å². The molecule has 3 atom stereocenters. The molecule has 0 aliphatic carbocycles. The highest BCUT2D eigenvalue weighted by Gasteiger charge is 2.64. The first-order chi connectivity index (χ1) is 14.6. The van der Waals surface area contributed by atoms with E-state index in [1.807, 2.05) is 27.7 Å². The van der Waals surface area contributed by atoms with Crippen LogP contribution in [0.3, 0.4) is 0 Å². The Morgan fingerprint density at radius 2 is 1.97 bits per heavy atom. The summed E-state index contributed by atoms with van der Waals surface area (Å²) < 4.78 is 17.5. The fourth-order valence-corrected chi connectivity index (χ4v) is 5.13. The molecule has 0 saturated carbocycles. The molecule has 1 aromatic rings. The van der Waals surface area contributed by atoms with Gasteiger partial charge in [0.25, 0.3) is 5.91 Å². The summed E-state index contributed by atoms with van der Waals surface area (Å²) in [5.41, 5.74) is -1.51. The van der Waals surface area contributed by atoms with Gasteiger partial charge in [0.2, 0.25) is 12.3 Å². The van der Waals surface area contributed by atoms with E-state index in [-0.39, 0.29) is 23.6 Å². The van der Waals surface area contributed by atoms with Crippen LogP contribution in [0.2, 0.25) is 18.1 Å². The summed E-state index contributed by atoms with van der Waals surface area (Å²) >= 11 is 0. The van der Waals surface area contributed by atoms with Crippen molar-refractivity contribution < 1.29 is 23.2 Å². The zero-order valence-corrected chi connectivity index (χ0v) is 21.9. The Balaban J connectivity index is 1.81. The Labute approximate surface area is 191 Å². The minimum Gasteiger partial charge on any atom is -0.444 e. The molecule has 10 heteroatoms. The zero-order valence-electron chi connectivity index (χ0n) is 20.9. The molecule has 3 heterocycles. The van der Waals surface area contributed by atoms with E-state index in [4.69, 9.17) is 13.6 Å². The molecule has 9 nitrogen and oxygen atoms in total. The molecule has 2 unspecified atom stereocenters. The van der Waals surface area contributed by atoms with Crippen LogP contribution in [0.5, 0.6) is 0 Å². The Bertz CT molecular complexity index is 845. The van der Waals surface area contributed by atoms with Crippen molar-refractivity contribution in [3.63, 3.8) is 0 Å². The van der Waals surface area contributed by atoms with E-state index in [2.05, 4.69) is 44.1 Å². The first-order valence-electron chi connectivity index (χ1n) is 11.3. The molecule has 32 heavy (non-hydrogen) atoms. The SMILES string of the molecule is CC1CCC2(CN([C@@H](CO[Si](C)(C)C(C)(C)C)c3nnco3)C2=O)N1C(=O)OC(C)(C)C. The average molecular weight is 467 g/mol. The number of amides is 2. The second-order valence-corrected chi connectivity index (χ2v) is 16.4. The van der Waals surface area contributed by atoms with Gasteiger partial charge in [0.05, 0.1) is 13.2 Å². The average Bonchev–Trinajstić information content (AvgIpc) is 3.27. The van der Waals surface area contributed by atoms with Crippen LogP contribution < -0.4 is 0 Å². The van der Waals surface area contributed by atoms with Crippen LogP contribution in [-0.4, -0.2) is 70.6 Å². The molecular formula is C22H38N4O5Si. The molecule has 2 amide bonds. The van der Waals surface area contributed by atoms with Gasteiger partial charge in [-0.15, -0.1) is 10.2 Å². The molecule has 0 N–H and O–H groups in total. The summed E-state index contributed by atoms with van der Waals surface area (Å²) in [5.74, 6) is 0.233. The van der Waals surface area contributed by atoms with Crippen molar-refractivity contribution in [2.24, 2.45) is 0 Å². The first-order valence-corrected chi connectivity index (χ1v) is 14.2. The van der Waals surface area contributed by atoms with Crippen molar-refractivity contribution in [1.29, 1.82) is 0 Å². The highest BCUT2D eigenvalue weighted by molar-refractivity contribution is 6.74. The van der Waals surface area contributed by atoms with Crippen LogP contribution in [0, 0.1) is 0 Å². The zero-order chi connectivity index (χ0) is 24.1. The third-order valence-electron chi connectivity index (χ3n) is 7.01. The number of aromatic nitrogens is 2. The van der Waals surface area contributed by atoms with Gasteiger partial charge in [0, 0.05) is 6.04 Å². The lowest BCUT2D eigenvalue weighted by molar-refractivity contribution is -0.168. The molecule has 0 radical (unpaired) electrons. The van der Waals surface area contributed by atoms with Gasteiger partial charge in [-0.25, -0.2) is 4.79 Å². The topological polar surface area (TPSA) is 98.0 Å². The number of hydrogen-bond acceptors (Lipinski definition) is 7. The van der Waals surface area contributed by atoms with Crippen molar-refractivity contribution >= 4 is 20.3 Å². The van der Waals surface area contributed by atoms with Gasteiger partial charge in [0.1, 0.15) is 17.2 Å². The van der Waals surface area contributed by atoms with E-state index in [1.54, 1.807) is 9.80 Å². The van der Waals surface area contributed by atoms with Crippen molar-refractivity contribution in [1.82, 2.24) is 20.0 Å². The number of carbonyl (C=O) groups is 2. The predicted octanol–water partition coefficient (Wildman–Crippen LogP) is 4.13. The Kier molecular flexibility index (Phi) is 6.27. The van der Waals surface area contributed by atoms with Gasteiger partial charge in [0.15, 0.2) is 8.32 Å². The van der Waals surface area contributed by atoms with Crippen LogP contribution in [-0.2, 0) is 14.0 Å². The summed E-state index contributed by atoms with van der Waals surface area (Å²) in [6.45, 7) is 19.0. The summed E-state index contributed by atoms with van der Waals surface area (Å²) in [4.78, 5) is 29.9. The van der Waals surface area contributed by atoms with Crippen molar-refractivity contribution in [2.75, 3.05) is 13.2 Å². The van der Waals surface area contributed by atoms with Gasteiger partial charge in [-0.2, -0.15) is 0 Å². The van der Waals surface area contributed by atoms with Gasteiger partial charge in [-0.05, 0) is 58.7 Å². The summed E-state index contributed by atoms with van der Waals surface area (Å²) in [6.07, 6.45) is 2.19. The van der Waals surface area contributed by atoms with E-state index in [9.17, 15) is 9.59 Å². The minimum absolute atomic E-state index is 0.0287. The van der Waals surface area contributed by atoms with Crippen LogP contribution >= 0.6 is 0 Å². The smallest absolute Gasteiger partial charge is 0.411 e. The number of rotatable bonds is 5. The van der Waals surface area contributed by atoms with Crippen molar-refractivity contribution in [3.05, 3.63) is 12.3 Å². The molecule has 2 aliphatic heterocycles. The predicted molar refractivity (Wildman–Crippen MR) is 121 cm³/mol. The fraction of sp³-hybridized carbons (Fsp3) is 0.818. The van der Waals surface area contributed by atoms with Gasteiger partial charge in [-0.1, -0.05) is 20.8 Å². The lowest BCUT2D eigenvalue weighted by atomic mass is 9.84. The Morgan fingerprint density at radius 1 is 1.31 bits per heavy atom. The standard InChI is InChI=1S/C22H38N4O5Si/c1-15-10-11-22(26(15)19(28)31-20(2,3)4)13-25(18(22)27)16(17-24-23-14-29-17)12-30-32(8,9)21(5,6)7/h14-16H,10-13H2,1-9H3/t15?,16-,22?/m0/s1. The molecule has 1 aromatic heterocycles. The molecule has 0 aromatic carbocycles. The molecule has 0 bridgehead atoms. The molecular weight excluding hydrogens is 428 g/mol. The maximum absolute atomic E-state index is 13.6. The number of likely N-dealkylation sites (tertiary alicyclic amines) is 2. The molecule has 2 saturated heterocycles. The lowest BCUT2D eigenvalue weighted by Gasteiger charge is -2.53. The number of carbonyl (C=O) groups excluding carboxylic acids is 2. The van der Waals surface area contributed by atoms with E-state index < -0.39 is 31.6 Å². The van der Waals surface area contributed by atoms with Gasteiger partial charge in [-0.3, -0.25) is 9.69 Å². The summed E-state index contributed by atoms with van der Waals surface area (Å²) in [5, 5.41) is 7.90. The molecule has 3 rings (SSSR count). The highest BCUT2D eigenvalue weighted by Crippen LogP contribution is 2.46. The van der Waals surface area contributed by atoms with E-state index in [0.29, 0.717) is 18.9 Å².